The molecule has 1 atom stereocenters. The zero-order valence-electron chi connectivity index (χ0n) is 16.5. The molecule has 0 aliphatic carbocycles. The van der Waals surface area contributed by atoms with E-state index in [1.54, 1.807) is 15.8 Å². The number of benzene rings is 1. The highest BCUT2D eigenvalue weighted by atomic mass is 79.9. The first kappa shape index (κ1) is 22.8. The van der Waals surface area contributed by atoms with Crippen molar-refractivity contribution in [1.82, 2.24) is 24.2 Å². The second kappa shape index (κ2) is 9.96. The van der Waals surface area contributed by atoms with Crippen LogP contribution in [-0.4, -0.2) is 88.8 Å². The molecule has 1 aliphatic rings. The minimum absolute atomic E-state index is 0.0922. The Hall–Kier alpha value is -1.86. The first-order chi connectivity index (χ1) is 14.3. The van der Waals surface area contributed by atoms with Crippen LogP contribution >= 0.6 is 15.9 Å². The van der Waals surface area contributed by atoms with Crippen LogP contribution in [0.4, 0.5) is 0 Å². The Kier molecular flexibility index (Phi) is 7.58. The monoisotopic (exact) mass is 501 g/mol. The smallest absolute Gasteiger partial charge is 0.325 e. The lowest BCUT2D eigenvalue weighted by atomic mass is 10.2. The van der Waals surface area contributed by atoms with Gasteiger partial charge in [0.05, 0.1) is 44.4 Å². The van der Waals surface area contributed by atoms with E-state index in [1.807, 2.05) is 24.3 Å². The van der Waals surface area contributed by atoms with E-state index in [0.29, 0.717) is 12.2 Å². The average Bonchev–Trinajstić information content (AvgIpc) is 3.12. The van der Waals surface area contributed by atoms with Gasteiger partial charge in [0.1, 0.15) is 6.04 Å². The summed E-state index contributed by atoms with van der Waals surface area (Å²) in [5.41, 5.74) is 1.43. The van der Waals surface area contributed by atoms with Crippen LogP contribution in [0.5, 0.6) is 0 Å². The van der Waals surface area contributed by atoms with Gasteiger partial charge in [-0.2, -0.15) is 4.31 Å². The van der Waals surface area contributed by atoms with Crippen LogP contribution in [0.3, 0.4) is 0 Å². The van der Waals surface area contributed by atoms with Gasteiger partial charge in [-0.3, -0.25) is 9.69 Å². The maximum Gasteiger partial charge on any atom is 0.325 e. The first-order valence-corrected chi connectivity index (χ1v) is 11.8. The van der Waals surface area contributed by atoms with E-state index in [2.05, 4.69) is 26.2 Å². The van der Waals surface area contributed by atoms with Crippen molar-refractivity contribution in [3.05, 3.63) is 46.2 Å². The van der Waals surface area contributed by atoms with Crippen molar-refractivity contribution >= 4 is 31.9 Å². The lowest BCUT2D eigenvalue weighted by molar-refractivity contribution is -0.145. The van der Waals surface area contributed by atoms with E-state index in [9.17, 15) is 18.3 Å². The third-order valence-electron chi connectivity index (χ3n) is 4.89. The van der Waals surface area contributed by atoms with Gasteiger partial charge in [0, 0.05) is 24.1 Å². The summed E-state index contributed by atoms with van der Waals surface area (Å²) in [6.07, 6.45) is 1.67. The third kappa shape index (κ3) is 5.43. The van der Waals surface area contributed by atoms with Gasteiger partial charge >= 0.3 is 5.97 Å². The van der Waals surface area contributed by atoms with E-state index < -0.39 is 22.0 Å². The average molecular weight is 502 g/mol. The summed E-state index contributed by atoms with van der Waals surface area (Å²) in [5.74, 6) is -0.810. The normalized spacial score (nSPS) is 20.0. The molecule has 0 bridgehead atoms. The number of β-amino-alcohol motifs (C(OH)–C–C–N with tert-alkyl or cyclic N) is 1. The van der Waals surface area contributed by atoms with Crippen molar-refractivity contribution in [3.63, 3.8) is 0 Å². The molecular formula is C18H24BrN5O5S. The molecule has 0 radical (unpaired) electrons. The predicted molar refractivity (Wildman–Crippen MR) is 112 cm³/mol. The Morgan fingerprint density at radius 1 is 1.33 bits per heavy atom. The Labute approximate surface area is 183 Å². The summed E-state index contributed by atoms with van der Waals surface area (Å²) in [6, 6.07) is 6.69. The molecular weight excluding hydrogens is 478 g/mol. The van der Waals surface area contributed by atoms with Crippen LogP contribution < -0.4 is 0 Å². The van der Waals surface area contributed by atoms with Gasteiger partial charge in [0.25, 0.3) is 0 Å². The Bertz CT molecular complexity index is 983. The minimum Gasteiger partial charge on any atom is -0.468 e. The minimum atomic E-state index is -3.75. The van der Waals surface area contributed by atoms with E-state index in [1.165, 1.54) is 7.11 Å². The number of hydrogen-bond acceptors (Lipinski definition) is 8. The van der Waals surface area contributed by atoms with Crippen LogP contribution in [0.15, 0.2) is 34.9 Å². The number of aliphatic hydroxyl groups excluding tert-OH is 1. The highest BCUT2D eigenvalue weighted by Crippen LogP contribution is 2.20. The second-order valence-corrected chi connectivity index (χ2v) is 9.82. The standard InChI is InChI=1S/C18H24BrN5O5S/c1-29-18(26)17-13-22(6-8-25)7-9-30(27,28)24(17)12-15-11-23(21-20-15)10-14-4-2-3-5-16(14)19/h2-5,11,17,25H,6-10,12-13H2,1H3. The highest BCUT2D eigenvalue weighted by Gasteiger charge is 2.40. The molecule has 1 N–H and O–H groups in total. The number of aliphatic hydroxyl groups is 1. The van der Waals surface area contributed by atoms with E-state index >= 15 is 0 Å². The molecule has 12 heteroatoms. The number of methoxy groups -OCH3 is 1. The maximum absolute atomic E-state index is 12.9. The number of halogens is 1. The van der Waals surface area contributed by atoms with Crippen LogP contribution in [-0.2, 0) is 32.6 Å². The van der Waals surface area contributed by atoms with Gasteiger partial charge in [-0.15, -0.1) is 5.10 Å². The van der Waals surface area contributed by atoms with Gasteiger partial charge in [-0.05, 0) is 11.6 Å². The van der Waals surface area contributed by atoms with Crippen molar-refractivity contribution in [1.29, 1.82) is 0 Å². The number of esters is 1. The molecule has 0 saturated carbocycles. The molecule has 1 unspecified atom stereocenters. The molecule has 30 heavy (non-hydrogen) atoms. The van der Waals surface area contributed by atoms with E-state index in [0.717, 1.165) is 14.3 Å². The summed E-state index contributed by atoms with van der Waals surface area (Å²) in [5, 5.41) is 17.4. The van der Waals surface area contributed by atoms with Crippen LogP contribution in [0, 0.1) is 0 Å². The lowest BCUT2D eigenvalue weighted by Crippen LogP contribution is -2.48. The fourth-order valence-electron chi connectivity index (χ4n) is 3.31. The Morgan fingerprint density at radius 2 is 2.10 bits per heavy atom. The zero-order chi connectivity index (χ0) is 21.7. The summed E-state index contributed by atoms with van der Waals surface area (Å²) < 4.78 is 34.3. The quantitative estimate of drug-likeness (QED) is 0.529. The van der Waals surface area contributed by atoms with Gasteiger partial charge in [-0.1, -0.05) is 39.3 Å². The molecule has 1 aromatic heterocycles. The van der Waals surface area contributed by atoms with Crippen LogP contribution in [0.2, 0.25) is 0 Å². The second-order valence-electron chi connectivity index (χ2n) is 6.92. The number of nitrogens with zero attached hydrogens (tertiary/aromatic N) is 5. The molecule has 164 valence electrons. The maximum atomic E-state index is 12.9. The van der Waals surface area contributed by atoms with Gasteiger partial charge in [-0.25, -0.2) is 13.1 Å². The fraction of sp³-hybridized carbons (Fsp3) is 0.500. The van der Waals surface area contributed by atoms with Crippen molar-refractivity contribution < 1.29 is 23.1 Å². The van der Waals surface area contributed by atoms with Crippen molar-refractivity contribution in [2.75, 3.05) is 39.1 Å². The molecule has 2 heterocycles. The fourth-order valence-corrected chi connectivity index (χ4v) is 5.32. The Balaban J connectivity index is 1.82. The number of rotatable bonds is 7. The predicted octanol–water partition coefficient (Wildman–Crippen LogP) is 0.0702. The largest absolute Gasteiger partial charge is 0.468 e. The SMILES string of the molecule is COC(=O)C1CN(CCO)CCS(=O)(=O)N1Cc1cn(Cc2ccccc2Br)nn1. The molecule has 1 fully saturated rings. The van der Waals surface area contributed by atoms with Crippen molar-refractivity contribution in [2.45, 2.75) is 19.1 Å². The first-order valence-electron chi connectivity index (χ1n) is 9.37. The zero-order valence-corrected chi connectivity index (χ0v) is 18.9. The van der Waals surface area contributed by atoms with Crippen LogP contribution in [0.1, 0.15) is 11.3 Å². The number of sulfonamides is 1. The molecule has 0 spiro atoms. The molecule has 0 amide bonds. The van der Waals surface area contributed by atoms with Crippen molar-refractivity contribution in [2.24, 2.45) is 0 Å². The van der Waals surface area contributed by atoms with Gasteiger partial charge in [0.15, 0.2) is 0 Å². The number of aromatic nitrogens is 3. The van der Waals surface area contributed by atoms with Gasteiger partial charge in [0.2, 0.25) is 10.0 Å². The molecule has 2 aromatic rings. The van der Waals surface area contributed by atoms with E-state index in [-0.39, 0.29) is 38.5 Å². The third-order valence-corrected chi connectivity index (χ3v) is 7.46. The number of carbonyl (C=O) groups is 1. The lowest BCUT2D eigenvalue weighted by Gasteiger charge is -2.27. The summed E-state index contributed by atoms with van der Waals surface area (Å²) in [6.45, 7) is 0.881. The van der Waals surface area contributed by atoms with Crippen molar-refractivity contribution in [3.8, 4) is 0 Å². The molecule has 1 aromatic carbocycles. The van der Waals surface area contributed by atoms with Crippen LogP contribution in [0.25, 0.3) is 0 Å². The molecule has 3 rings (SSSR count). The summed E-state index contributed by atoms with van der Waals surface area (Å²) in [7, 11) is -2.52. The highest BCUT2D eigenvalue weighted by molar-refractivity contribution is 9.10. The molecule has 1 aliphatic heterocycles. The summed E-state index contributed by atoms with van der Waals surface area (Å²) in [4.78, 5) is 14.1. The number of ether oxygens (including phenoxy) is 1. The topological polar surface area (TPSA) is 118 Å². The molecule has 10 nitrogen and oxygen atoms in total. The Morgan fingerprint density at radius 3 is 2.80 bits per heavy atom. The number of carbonyl (C=O) groups excluding carboxylic acids is 1. The summed E-state index contributed by atoms with van der Waals surface area (Å²) >= 11 is 3.49. The number of hydrogen-bond donors (Lipinski definition) is 1. The molecule has 1 saturated heterocycles. The van der Waals surface area contributed by atoms with Gasteiger partial charge < -0.3 is 9.84 Å². The van der Waals surface area contributed by atoms with E-state index in [4.69, 9.17) is 4.74 Å².